The first-order chi connectivity index (χ1) is 14.7. The third-order valence-corrected chi connectivity index (χ3v) is 8.18. The van der Waals surface area contributed by atoms with Crippen molar-refractivity contribution in [2.75, 3.05) is 19.4 Å². The number of hydrogen-bond acceptors (Lipinski definition) is 6. The van der Waals surface area contributed by atoms with Crippen molar-refractivity contribution in [3.63, 3.8) is 0 Å². The summed E-state index contributed by atoms with van der Waals surface area (Å²) in [6, 6.07) is 7.31. The van der Waals surface area contributed by atoms with E-state index in [0.29, 0.717) is 48.3 Å². The molecule has 0 N–H and O–H groups in total. The van der Waals surface area contributed by atoms with E-state index in [2.05, 4.69) is 26.9 Å². The molecule has 0 fully saturated rings. The summed E-state index contributed by atoms with van der Waals surface area (Å²) in [4.78, 5) is 36.8. The Kier molecular flexibility index (Phi) is 6.98. The summed E-state index contributed by atoms with van der Waals surface area (Å²) < 4.78 is 11.7. The number of imide groups is 1. The Balaban J connectivity index is 1.81. The number of aliphatic imine (C=N–C) groups is 2. The summed E-state index contributed by atoms with van der Waals surface area (Å²) in [5, 5.41) is 0. The summed E-state index contributed by atoms with van der Waals surface area (Å²) in [5.74, 6) is 1.11. The molecule has 2 amide bonds. The average Bonchev–Trinajstić information content (AvgIpc) is 2.94. The molecule has 2 aliphatic rings. The number of carbonyl (C=O) groups excluding carboxylic acids is 2. The molecular formula is C23H33N3O4Si. The van der Waals surface area contributed by atoms with E-state index in [1.54, 1.807) is 24.3 Å². The monoisotopic (exact) mass is 443 g/mol. The first-order valence-electron chi connectivity index (χ1n) is 11.0. The van der Waals surface area contributed by atoms with Crippen LogP contribution in [-0.2, 0) is 9.47 Å². The van der Waals surface area contributed by atoms with E-state index in [-0.39, 0.29) is 29.8 Å². The summed E-state index contributed by atoms with van der Waals surface area (Å²) in [7, 11) is -2.09. The molecule has 168 valence electrons. The molecule has 0 aromatic heterocycles. The van der Waals surface area contributed by atoms with E-state index in [1.807, 2.05) is 13.8 Å². The maximum absolute atomic E-state index is 12.8. The minimum Gasteiger partial charge on any atom is -0.480 e. The van der Waals surface area contributed by atoms with Crippen LogP contribution in [0.3, 0.4) is 0 Å². The number of nitrogens with zero attached hydrogens (tertiary/aromatic N) is 3. The molecule has 7 nitrogen and oxygen atoms in total. The van der Waals surface area contributed by atoms with Crippen LogP contribution in [0.2, 0.25) is 19.1 Å². The van der Waals surface area contributed by atoms with Crippen molar-refractivity contribution in [2.24, 2.45) is 15.9 Å². The standard InChI is InChI=1S/C23H33N3O4Si/c1-7-29-20-18(24-21(30-8-2)19(25-20)15(3)4)13-31(5,6)14-26-22(27)16-11-9-10-12-17(16)23(26)28/h9-12,15,18-19H,7-8,13-14H2,1-6H3/t18-,19-/m1/s1. The van der Waals surface area contributed by atoms with E-state index >= 15 is 0 Å². The van der Waals surface area contributed by atoms with Crippen LogP contribution in [0.1, 0.15) is 48.4 Å². The van der Waals surface area contributed by atoms with Crippen LogP contribution in [0.25, 0.3) is 0 Å². The van der Waals surface area contributed by atoms with E-state index in [4.69, 9.17) is 19.5 Å². The summed E-state index contributed by atoms with van der Waals surface area (Å²) in [5.41, 5.74) is 0.978. The van der Waals surface area contributed by atoms with Crippen LogP contribution in [0, 0.1) is 5.92 Å². The lowest BCUT2D eigenvalue weighted by atomic mass is 10.0. The summed E-state index contributed by atoms with van der Waals surface area (Å²) in [6.07, 6.45) is 0.433. The molecule has 31 heavy (non-hydrogen) atoms. The van der Waals surface area contributed by atoms with Gasteiger partial charge in [0.2, 0.25) is 11.8 Å². The Morgan fingerprint density at radius 2 is 1.52 bits per heavy atom. The lowest BCUT2D eigenvalue weighted by Crippen LogP contribution is -2.49. The van der Waals surface area contributed by atoms with Crippen LogP contribution < -0.4 is 0 Å². The zero-order chi connectivity index (χ0) is 22.8. The van der Waals surface area contributed by atoms with Crippen molar-refractivity contribution in [2.45, 2.75) is 58.9 Å². The van der Waals surface area contributed by atoms with Crippen LogP contribution in [-0.4, -0.2) is 68.0 Å². The van der Waals surface area contributed by atoms with Crippen LogP contribution >= 0.6 is 0 Å². The second-order valence-corrected chi connectivity index (χ2v) is 14.2. The highest BCUT2D eigenvalue weighted by molar-refractivity contribution is 6.78. The van der Waals surface area contributed by atoms with Gasteiger partial charge < -0.3 is 9.47 Å². The van der Waals surface area contributed by atoms with Crippen molar-refractivity contribution >= 4 is 31.7 Å². The Morgan fingerprint density at radius 3 is 2.03 bits per heavy atom. The van der Waals surface area contributed by atoms with E-state index < -0.39 is 8.07 Å². The SMILES string of the molecule is CCOC1=N[C@H](C(C)C)C(OCC)=N[C@@H]1C[Si](C)(C)CN1C(=O)c2ccccc2C1=O. The van der Waals surface area contributed by atoms with Gasteiger partial charge in [-0.1, -0.05) is 39.1 Å². The predicted octanol–water partition coefficient (Wildman–Crippen LogP) is 3.81. The molecule has 2 heterocycles. The average molecular weight is 444 g/mol. The minimum atomic E-state index is -2.09. The van der Waals surface area contributed by atoms with Gasteiger partial charge in [0.15, 0.2) is 0 Å². The van der Waals surface area contributed by atoms with E-state index in [1.165, 1.54) is 4.90 Å². The van der Waals surface area contributed by atoms with Gasteiger partial charge in [-0.25, -0.2) is 9.98 Å². The smallest absolute Gasteiger partial charge is 0.261 e. The van der Waals surface area contributed by atoms with Crippen LogP contribution in [0.5, 0.6) is 0 Å². The molecule has 0 spiro atoms. The number of amides is 2. The second-order valence-electron chi connectivity index (χ2n) is 9.12. The van der Waals surface area contributed by atoms with Gasteiger partial charge in [0.25, 0.3) is 11.8 Å². The number of hydrogen-bond donors (Lipinski definition) is 0. The summed E-state index contributed by atoms with van der Waals surface area (Å²) >= 11 is 0. The Labute approximate surface area is 185 Å². The number of benzene rings is 1. The lowest BCUT2D eigenvalue weighted by Gasteiger charge is -2.33. The highest BCUT2D eigenvalue weighted by atomic mass is 28.3. The maximum Gasteiger partial charge on any atom is 0.261 e. The van der Waals surface area contributed by atoms with Gasteiger partial charge in [-0.05, 0) is 37.9 Å². The molecule has 8 heteroatoms. The van der Waals surface area contributed by atoms with Crippen LogP contribution in [0.4, 0.5) is 0 Å². The minimum absolute atomic E-state index is 0.154. The van der Waals surface area contributed by atoms with E-state index in [0.717, 1.165) is 0 Å². The molecule has 0 aliphatic carbocycles. The van der Waals surface area contributed by atoms with Crippen molar-refractivity contribution < 1.29 is 19.1 Å². The van der Waals surface area contributed by atoms with Gasteiger partial charge in [-0.15, -0.1) is 0 Å². The Morgan fingerprint density at radius 1 is 0.968 bits per heavy atom. The maximum atomic E-state index is 12.8. The highest BCUT2D eigenvalue weighted by Crippen LogP contribution is 2.28. The molecule has 0 saturated carbocycles. The fourth-order valence-corrected chi connectivity index (χ4v) is 6.67. The molecule has 2 aliphatic heterocycles. The number of carbonyl (C=O) groups is 2. The molecular weight excluding hydrogens is 410 g/mol. The van der Waals surface area contributed by atoms with Gasteiger partial charge in [0, 0.05) is 6.17 Å². The molecule has 2 atom stereocenters. The molecule has 0 radical (unpaired) electrons. The first kappa shape index (κ1) is 23.2. The first-order valence-corrected chi connectivity index (χ1v) is 14.5. The van der Waals surface area contributed by atoms with Crippen molar-refractivity contribution in [1.29, 1.82) is 0 Å². The second kappa shape index (κ2) is 9.34. The van der Waals surface area contributed by atoms with Gasteiger partial charge in [-0.3, -0.25) is 14.5 Å². The predicted molar refractivity (Wildman–Crippen MR) is 125 cm³/mol. The van der Waals surface area contributed by atoms with Gasteiger partial charge in [-0.2, -0.15) is 0 Å². The van der Waals surface area contributed by atoms with Crippen LogP contribution in [0.15, 0.2) is 34.3 Å². The zero-order valence-electron chi connectivity index (χ0n) is 19.3. The third kappa shape index (κ3) is 4.89. The molecule has 3 rings (SSSR count). The van der Waals surface area contributed by atoms with Gasteiger partial charge in [0.1, 0.15) is 12.1 Å². The zero-order valence-corrected chi connectivity index (χ0v) is 20.3. The topological polar surface area (TPSA) is 80.6 Å². The fourth-order valence-electron chi connectivity index (χ4n) is 4.08. The molecule has 1 aromatic carbocycles. The van der Waals surface area contributed by atoms with Crippen molar-refractivity contribution in [1.82, 2.24) is 4.90 Å². The fraction of sp³-hybridized carbons (Fsp3) is 0.565. The molecule has 0 unspecified atom stereocenters. The van der Waals surface area contributed by atoms with Crippen molar-refractivity contribution in [3.05, 3.63) is 35.4 Å². The number of ether oxygens (including phenoxy) is 2. The molecule has 0 saturated heterocycles. The molecule has 0 bridgehead atoms. The third-order valence-electron chi connectivity index (χ3n) is 5.51. The normalized spacial score (nSPS) is 21.2. The Bertz CT molecular complexity index is 875. The molecule has 1 aromatic rings. The van der Waals surface area contributed by atoms with Gasteiger partial charge in [0.05, 0.1) is 32.4 Å². The number of fused-ring (bicyclic) bond motifs is 1. The van der Waals surface area contributed by atoms with Crippen molar-refractivity contribution in [3.8, 4) is 0 Å². The number of rotatable bonds is 7. The Hall–Kier alpha value is -2.48. The summed E-state index contributed by atoms with van der Waals surface area (Å²) in [6.45, 7) is 13.4. The largest absolute Gasteiger partial charge is 0.480 e. The lowest BCUT2D eigenvalue weighted by molar-refractivity contribution is 0.0677. The quantitative estimate of drug-likeness (QED) is 0.474. The highest BCUT2D eigenvalue weighted by Gasteiger charge is 2.41. The van der Waals surface area contributed by atoms with Gasteiger partial charge >= 0.3 is 0 Å². The van der Waals surface area contributed by atoms with E-state index in [9.17, 15) is 9.59 Å².